The third kappa shape index (κ3) is 3.30. The number of rotatable bonds is 2. The van der Waals surface area contributed by atoms with Gasteiger partial charge < -0.3 is 10.6 Å². The fourth-order valence-corrected chi connectivity index (χ4v) is 2.35. The third-order valence-electron chi connectivity index (χ3n) is 3.92. The van der Waals surface area contributed by atoms with E-state index in [0.29, 0.717) is 11.3 Å². The summed E-state index contributed by atoms with van der Waals surface area (Å²) in [5.41, 5.74) is 10.2. The molecule has 0 unspecified atom stereocenters. The highest BCUT2D eigenvalue weighted by Crippen LogP contribution is 2.25. The number of carbonyl (C=O) groups is 1. The van der Waals surface area contributed by atoms with Gasteiger partial charge in [0.25, 0.3) is 5.91 Å². The van der Waals surface area contributed by atoms with Crippen molar-refractivity contribution in [3.63, 3.8) is 0 Å². The zero-order valence-corrected chi connectivity index (χ0v) is 14.0. The monoisotopic (exact) mass is 296 g/mol. The Morgan fingerprint density at radius 3 is 2.18 bits per heavy atom. The first kappa shape index (κ1) is 16.1. The Bertz CT molecular complexity index is 682. The maximum Gasteiger partial charge on any atom is 0.258 e. The van der Waals surface area contributed by atoms with Crippen molar-refractivity contribution in [1.82, 2.24) is 0 Å². The van der Waals surface area contributed by atoms with Gasteiger partial charge in [0.15, 0.2) is 0 Å². The molecule has 0 aromatic heterocycles. The Morgan fingerprint density at radius 1 is 1.05 bits per heavy atom. The molecule has 2 aromatic carbocycles. The van der Waals surface area contributed by atoms with Crippen LogP contribution in [0.5, 0.6) is 0 Å². The molecule has 2 rings (SSSR count). The van der Waals surface area contributed by atoms with E-state index >= 15 is 0 Å². The molecular weight excluding hydrogens is 272 g/mol. The molecule has 3 heteroatoms. The molecular formula is C19H24N2O. The maximum absolute atomic E-state index is 12.7. The van der Waals surface area contributed by atoms with Gasteiger partial charge >= 0.3 is 0 Å². The summed E-state index contributed by atoms with van der Waals surface area (Å²) in [6, 6.07) is 13.5. The van der Waals surface area contributed by atoms with Crippen molar-refractivity contribution in [3.05, 3.63) is 59.2 Å². The topological polar surface area (TPSA) is 46.3 Å². The van der Waals surface area contributed by atoms with E-state index in [1.165, 1.54) is 5.56 Å². The van der Waals surface area contributed by atoms with Crippen LogP contribution in [0.15, 0.2) is 42.5 Å². The van der Waals surface area contributed by atoms with E-state index in [1.807, 2.05) is 31.2 Å². The van der Waals surface area contributed by atoms with Gasteiger partial charge in [-0.1, -0.05) is 39.0 Å². The second kappa shape index (κ2) is 5.84. The molecule has 0 heterocycles. The van der Waals surface area contributed by atoms with Gasteiger partial charge in [-0.2, -0.15) is 0 Å². The minimum Gasteiger partial charge on any atom is -0.399 e. The molecule has 0 atom stereocenters. The summed E-state index contributed by atoms with van der Waals surface area (Å²) in [5, 5.41) is 0. The Hall–Kier alpha value is -2.29. The Labute approximate surface area is 132 Å². The molecule has 0 bridgehead atoms. The first-order valence-electron chi connectivity index (χ1n) is 7.45. The van der Waals surface area contributed by atoms with Crippen molar-refractivity contribution in [2.75, 3.05) is 17.7 Å². The number of anilines is 2. The highest BCUT2D eigenvalue weighted by molar-refractivity contribution is 6.07. The lowest BCUT2D eigenvalue weighted by Gasteiger charge is -2.22. The summed E-state index contributed by atoms with van der Waals surface area (Å²) in [4.78, 5) is 14.3. The molecule has 3 nitrogen and oxygen atoms in total. The number of benzene rings is 2. The van der Waals surface area contributed by atoms with E-state index in [1.54, 1.807) is 18.0 Å². The number of amides is 1. The van der Waals surface area contributed by atoms with Gasteiger partial charge in [-0.25, -0.2) is 0 Å². The van der Waals surface area contributed by atoms with Gasteiger partial charge in [-0.15, -0.1) is 0 Å². The number of hydrogen-bond acceptors (Lipinski definition) is 2. The summed E-state index contributed by atoms with van der Waals surface area (Å²) in [6.07, 6.45) is 0. The molecule has 0 radical (unpaired) electrons. The largest absolute Gasteiger partial charge is 0.399 e. The SMILES string of the molecule is Cc1ccc(N)cc1C(=O)N(C)c1ccc(C(C)(C)C)cc1. The van der Waals surface area contributed by atoms with Crippen molar-refractivity contribution < 1.29 is 4.79 Å². The zero-order valence-electron chi connectivity index (χ0n) is 14.0. The number of nitrogens with two attached hydrogens (primary N) is 1. The summed E-state index contributed by atoms with van der Waals surface area (Å²) in [5.74, 6) is -0.0479. The van der Waals surface area contributed by atoms with E-state index in [0.717, 1.165) is 11.3 Å². The van der Waals surface area contributed by atoms with Crippen LogP contribution in [0.3, 0.4) is 0 Å². The van der Waals surface area contributed by atoms with Gasteiger partial charge in [-0.3, -0.25) is 4.79 Å². The number of hydrogen-bond donors (Lipinski definition) is 1. The van der Waals surface area contributed by atoms with Crippen LogP contribution in [0.4, 0.5) is 11.4 Å². The van der Waals surface area contributed by atoms with Crippen molar-refractivity contribution in [2.24, 2.45) is 0 Å². The predicted molar refractivity (Wildman–Crippen MR) is 93.5 cm³/mol. The molecule has 2 N–H and O–H groups in total. The van der Waals surface area contributed by atoms with Gasteiger partial charge in [0.05, 0.1) is 0 Å². The van der Waals surface area contributed by atoms with Crippen LogP contribution in [0.25, 0.3) is 0 Å². The lowest BCUT2D eigenvalue weighted by molar-refractivity contribution is 0.0992. The Morgan fingerprint density at radius 2 is 1.64 bits per heavy atom. The average molecular weight is 296 g/mol. The fraction of sp³-hybridized carbons (Fsp3) is 0.316. The van der Waals surface area contributed by atoms with Crippen molar-refractivity contribution in [3.8, 4) is 0 Å². The van der Waals surface area contributed by atoms with Crippen LogP contribution in [0, 0.1) is 6.92 Å². The van der Waals surface area contributed by atoms with Gasteiger partial charge in [0.2, 0.25) is 0 Å². The van der Waals surface area contributed by atoms with E-state index in [9.17, 15) is 4.79 Å². The number of carbonyl (C=O) groups excluding carboxylic acids is 1. The summed E-state index contributed by atoms with van der Waals surface area (Å²) >= 11 is 0. The zero-order chi connectivity index (χ0) is 16.5. The average Bonchev–Trinajstić information content (AvgIpc) is 2.47. The van der Waals surface area contributed by atoms with Crippen LogP contribution in [-0.4, -0.2) is 13.0 Å². The molecule has 2 aromatic rings. The van der Waals surface area contributed by atoms with Gasteiger partial charge in [-0.05, 0) is 47.7 Å². The highest BCUT2D eigenvalue weighted by Gasteiger charge is 2.18. The van der Waals surface area contributed by atoms with Crippen LogP contribution < -0.4 is 10.6 Å². The minimum atomic E-state index is -0.0479. The Balaban J connectivity index is 2.29. The summed E-state index contributed by atoms with van der Waals surface area (Å²) < 4.78 is 0. The van der Waals surface area contributed by atoms with Gasteiger partial charge in [0, 0.05) is 24.0 Å². The van der Waals surface area contributed by atoms with Crippen molar-refractivity contribution in [2.45, 2.75) is 33.1 Å². The first-order chi connectivity index (χ1) is 10.2. The molecule has 0 aliphatic heterocycles. The smallest absolute Gasteiger partial charge is 0.258 e. The molecule has 22 heavy (non-hydrogen) atoms. The fourth-order valence-electron chi connectivity index (χ4n) is 2.35. The second-order valence-electron chi connectivity index (χ2n) is 6.74. The van der Waals surface area contributed by atoms with Crippen LogP contribution in [-0.2, 0) is 5.41 Å². The van der Waals surface area contributed by atoms with E-state index in [-0.39, 0.29) is 11.3 Å². The molecule has 1 amide bonds. The van der Waals surface area contributed by atoms with Crippen LogP contribution in [0.2, 0.25) is 0 Å². The number of aryl methyl sites for hydroxylation is 1. The van der Waals surface area contributed by atoms with E-state index in [4.69, 9.17) is 5.73 Å². The Kier molecular flexibility index (Phi) is 4.27. The second-order valence-corrected chi connectivity index (χ2v) is 6.74. The molecule has 116 valence electrons. The lowest BCUT2D eigenvalue weighted by Crippen LogP contribution is -2.27. The van der Waals surface area contributed by atoms with Crippen molar-refractivity contribution >= 4 is 17.3 Å². The standard InChI is InChI=1S/C19H24N2O/c1-13-6-9-15(20)12-17(13)18(22)21(5)16-10-7-14(8-11-16)19(2,3)4/h6-12H,20H2,1-5H3. The highest BCUT2D eigenvalue weighted by atomic mass is 16.2. The first-order valence-corrected chi connectivity index (χ1v) is 7.45. The van der Waals surface area contributed by atoms with E-state index in [2.05, 4.69) is 32.9 Å². The molecule has 0 spiro atoms. The van der Waals surface area contributed by atoms with Gasteiger partial charge in [0.1, 0.15) is 0 Å². The number of nitrogens with zero attached hydrogens (tertiary/aromatic N) is 1. The normalized spacial score (nSPS) is 11.3. The predicted octanol–water partition coefficient (Wildman–Crippen LogP) is 4.15. The molecule has 0 aliphatic rings. The third-order valence-corrected chi connectivity index (χ3v) is 3.92. The van der Waals surface area contributed by atoms with Crippen LogP contribution >= 0.6 is 0 Å². The van der Waals surface area contributed by atoms with Crippen molar-refractivity contribution in [1.29, 1.82) is 0 Å². The number of nitrogen functional groups attached to an aromatic ring is 1. The minimum absolute atomic E-state index is 0.0479. The lowest BCUT2D eigenvalue weighted by atomic mass is 9.87. The molecule has 0 saturated heterocycles. The quantitative estimate of drug-likeness (QED) is 0.846. The summed E-state index contributed by atoms with van der Waals surface area (Å²) in [6.45, 7) is 8.44. The van der Waals surface area contributed by atoms with Crippen LogP contribution in [0.1, 0.15) is 42.3 Å². The van der Waals surface area contributed by atoms with E-state index < -0.39 is 0 Å². The summed E-state index contributed by atoms with van der Waals surface area (Å²) in [7, 11) is 1.79. The molecule has 0 saturated carbocycles. The maximum atomic E-state index is 12.7. The molecule has 0 fully saturated rings. The molecule has 0 aliphatic carbocycles.